The predicted octanol–water partition coefficient (Wildman–Crippen LogP) is 4.08. The van der Waals surface area contributed by atoms with E-state index in [9.17, 15) is 22.2 Å². The summed E-state index contributed by atoms with van der Waals surface area (Å²) in [6.45, 7) is 2.08. The lowest BCUT2D eigenvalue weighted by atomic mass is 9.82. The molecule has 4 unspecified atom stereocenters. The second-order valence-corrected chi connectivity index (χ2v) is 11.0. The zero-order valence-corrected chi connectivity index (χ0v) is 21.3. The minimum absolute atomic E-state index is 0.0426. The third-order valence-electron chi connectivity index (χ3n) is 6.76. The van der Waals surface area contributed by atoms with E-state index in [1.165, 1.54) is 11.0 Å². The van der Waals surface area contributed by atoms with Gasteiger partial charge in [0.2, 0.25) is 0 Å². The summed E-state index contributed by atoms with van der Waals surface area (Å²) in [6, 6.07) is 6.57. The molecule has 0 aromatic heterocycles. The van der Waals surface area contributed by atoms with Gasteiger partial charge in [-0.15, -0.1) is 0 Å². The molecule has 2 aliphatic rings. The Morgan fingerprint density at radius 2 is 1.94 bits per heavy atom. The number of nitrogens with one attached hydrogen (secondary N) is 1. The summed E-state index contributed by atoms with van der Waals surface area (Å²) < 4.78 is 67.3. The minimum atomic E-state index is -2.75. The highest BCUT2D eigenvalue weighted by Crippen LogP contribution is 2.34. The lowest BCUT2D eigenvalue weighted by Gasteiger charge is -2.39. The van der Waals surface area contributed by atoms with Crippen LogP contribution in [0.25, 0.3) is 0 Å². The van der Waals surface area contributed by atoms with Crippen molar-refractivity contribution in [1.29, 1.82) is 0 Å². The van der Waals surface area contributed by atoms with Gasteiger partial charge in [0, 0.05) is 39.1 Å². The summed E-state index contributed by atoms with van der Waals surface area (Å²) in [5, 5.41) is 0. The third kappa shape index (κ3) is 8.16. The van der Waals surface area contributed by atoms with Crippen LogP contribution in [0.5, 0.6) is 0 Å². The fraction of sp³-hybridized carbons (Fsp3) is 0.708. The van der Waals surface area contributed by atoms with Crippen molar-refractivity contribution in [3.63, 3.8) is 0 Å². The zero-order chi connectivity index (χ0) is 25.5. The Bertz CT molecular complexity index is 855. The molecular formula is C24H36F3N3O4S. The van der Waals surface area contributed by atoms with Crippen molar-refractivity contribution in [1.82, 2.24) is 13.9 Å². The van der Waals surface area contributed by atoms with Crippen LogP contribution in [0.3, 0.4) is 0 Å². The van der Waals surface area contributed by atoms with Crippen LogP contribution in [0.4, 0.5) is 18.0 Å². The van der Waals surface area contributed by atoms with E-state index in [0.717, 1.165) is 38.2 Å². The van der Waals surface area contributed by atoms with Crippen LogP contribution in [-0.2, 0) is 20.6 Å². The number of ether oxygens (including phenoxy) is 2. The standard InChI is InChI=1S/C24H36F3N3O4S/c1-16(23(26)27)34-24(31)30-12-11-22(28-35(32)29(2)3)19(14-30)15-33-21-9-7-17(8-10-21)18-5-4-6-20(25)13-18/h4-6,13,16-17,19,21-23,28H,7-12,14-15H2,1-3H3. The lowest BCUT2D eigenvalue weighted by Crippen LogP contribution is -2.54. The van der Waals surface area contributed by atoms with Gasteiger partial charge in [0.1, 0.15) is 5.82 Å². The van der Waals surface area contributed by atoms with Crippen molar-refractivity contribution < 1.29 is 31.6 Å². The Hall–Kier alpha value is -1.69. The molecule has 1 amide bonds. The average molecular weight is 520 g/mol. The molecule has 2 fully saturated rings. The van der Waals surface area contributed by atoms with Gasteiger partial charge in [-0.05, 0) is 62.6 Å². The molecule has 1 aromatic rings. The highest BCUT2D eigenvalue weighted by Gasteiger charge is 2.35. The predicted molar refractivity (Wildman–Crippen MR) is 128 cm³/mol. The molecule has 11 heteroatoms. The zero-order valence-electron chi connectivity index (χ0n) is 20.5. The molecule has 198 valence electrons. The van der Waals surface area contributed by atoms with E-state index in [2.05, 4.69) is 4.72 Å². The van der Waals surface area contributed by atoms with Gasteiger partial charge in [0.25, 0.3) is 6.43 Å². The molecule has 4 atom stereocenters. The van der Waals surface area contributed by atoms with Gasteiger partial charge in [-0.1, -0.05) is 12.1 Å². The summed E-state index contributed by atoms with van der Waals surface area (Å²) in [5.74, 6) is -0.0971. The number of benzene rings is 1. The summed E-state index contributed by atoms with van der Waals surface area (Å²) in [4.78, 5) is 13.8. The molecule has 1 saturated heterocycles. The highest BCUT2D eigenvalue weighted by molar-refractivity contribution is 7.80. The average Bonchev–Trinajstić information content (AvgIpc) is 2.83. The van der Waals surface area contributed by atoms with Crippen LogP contribution in [0, 0.1) is 11.7 Å². The van der Waals surface area contributed by atoms with E-state index in [-0.39, 0.29) is 30.4 Å². The number of carbonyl (C=O) groups excluding carboxylic acids is 1. The summed E-state index contributed by atoms with van der Waals surface area (Å²) in [7, 11) is 3.40. The number of rotatable bonds is 9. The smallest absolute Gasteiger partial charge is 0.410 e. The summed E-state index contributed by atoms with van der Waals surface area (Å²) in [5.41, 5.74) is 1.01. The molecule has 35 heavy (non-hydrogen) atoms. The van der Waals surface area contributed by atoms with E-state index >= 15 is 0 Å². The van der Waals surface area contributed by atoms with Crippen LogP contribution in [-0.4, -0.2) is 78.0 Å². The SMILES string of the molecule is CC(OC(=O)N1CCC(NS(=O)N(C)C)C(COC2CCC(c3cccc(F)c3)CC2)C1)C(F)F. The second kappa shape index (κ2) is 13.0. The maximum Gasteiger partial charge on any atom is 0.410 e. The number of hydrogen-bond donors (Lipinski definition) is 1. The molecular weight excluding hydrogens is 483 g/mol. The van der Waals surface area contributed by atoms with Crippen molar-refractivity contribution in [2.45, 2.75) is 69.6 Å². The molecule has 1 aromatic carbocycles. The summed E-state index contributed by atoms with van der Waals surface area (Å²) in [6.07, 6.45) is -0.987. The van der Waals surface area contributed by atoms with Crippen molar-refractivity contribution >= 4 is 17.3 Å². The van der Waals surface area contributed by atoms with Gasteiger partial charge in [-0.2, -0.15) is 0 Å². The van der Waals surface area contributed by atoms with E-state index in [4.69, 9.17) is 9.47 Å². The van der Waals surface area contributed by atoms with E-state index in [1.54, 1.807) is 30.5 Å². The third-order valence-corrected chi connectivity index (χ3v) is 7.93. The van der Waals surface area contributed by atoms with Crippen molar-refractivity contribution in [2.24, 2.45) is 5.92 Å². The Kier molecular flexibility index (Phi) is 10.4. The fourth-order valence-electron chi connectivity index (χ4n) is 4.62. The van der Waals surface area contributed by atoms with E-state index in [0.29, 0.717) is 25.5 Å². The van der Waals surface area contributed by atoms with Crippen molar-refractivity contribution in [3.8, 4) is 0 Å². The van der Waals surface area contributed by atoms with Gasteiger partial charge in [-0.3, -0.25) is 0 Å². The second-order valence-electron chi connectivity index (χ2n) is 9.57. The lowest BCUT2D eigenvalue weighted by molar-refractivity contribution is -0.0367. The van der Waals surface area contributed by atoms with E-state index < -0.39 is 29.8 Å². The van der Waals surface area contributed by atoms with Crippen molar-refractivity contribution in [2.75, 3.05) is 33.8 Å². The molecule has 1 saturated carbocycles. The number of amides is 1. The largest absolute Gasteiger partial charge is 0.440 e. The number of halogens is 3. The molecule has 1 aliphatic heterocycles. The molecule has 7 nitrogen and oxygen atoms in total. The van der Waals surface area contributed by atoms with Gasteiger partial charge < -0.3 is 14.4 Å². The van der Waals surface area contributed by atoms with Crippen LogP contribution in [0.1, 0.15) is 50.5 Å². The van der Waals surface area contributed by atoms with Gasteiger partial charge in [0.05, 0.1) is 12.7 Å². The van der Waals surface area contributed by atoms with Gasteiger partial charge in [-0.25, -0.2) is 31.2 Å². The molecule has 1 aliphatic carbocycles. The first kappa shape index (κ1) is 27.9. The van der Waals surface area contributed by atoms with Crippen LogP contribution in [0.2, 0.25) is 0 Å². The molecule has 1 N–H and O–H groups in total. The van der Waals surface area contributed by atoms with Crippen LogP contribution in [0.15, 0.2) is 24.3 Å². The maximum atomic E-state index is 13.6. The van der Waals surface area contributed by atoms with Crippen molar-refractivity contribution in [3.05, 3.63) is 35.6 Å². The van der Waals surface area contributed by atoms with E-state index in [1.807, 2.05) is 6.07 Å². The van der Waals surface area contributed by atoms with Crippen LogP contribution < -0.4 is 4.72 Å². The quantitative estimate of drug-likeness (QED) is 0.534. The van der Waals surface area contributed by atoms with Gasteiger partial charge in [0.15, 0.2) is 17.3 Å². The maximum absolute atomic E-state index is 13.6. The minimum Gasteiger partial charge on any atom is -0.440 e. The molecule has 0 spiro atoms. The normalized spacial score (nSPS) is 27.1. The number of hydrogen-bond acceptors (Lipinski definition) is 4. The topological polar surface area (TPSA) is 71.1 Å². The number of piperidine rings is 1. The van der Waals surface area contributed by atoms with Crippen LogP contribution >= 0.6 is 0 Å². The Labute approximate surface area is 208 Å². The number of nitrogens with zero attached hydrogens (tertiary/aromatic N) is 2. The monoisotopic (exact) mass is 519 g/mol. The first-order chi connectivity index (χ1) is 16.6. The number of carbonyl (C=O) groups is 1. The molecule has 3 rings (SSSR count). The number of likely N-dealkylation sites (tertiary alicyclic amines) is 1. The molecule has 0 bridgehead atoms. The fourth-order valence-corrected chi connectivity index (χ4v) is 5.41. The Balaban J connectivity index is 1.56. The van der Waals surface area contributed by atoms with Gasteiger partial charge >= 0.3 is 6.09 Å². The molecule has 0 radical (unpaired) electrons. The highest BCUT2D eigenvalue weighted by atomic mass is 32.2. The summed E-state index contributed by atoms with van der Waals surface area (Å²) >= 11 is -1.40. The number of alkyl halides is 2. The Morgan fingerprint density at radius 1 is 1.23 bits per heavy atom. The molecule has 1 heterocycles. The first-order valence-electron chi connectivity index (χ1n) is 12.1. The first-order valence-corrected chi connectivity index (χ1v) is 13.2. The Morgan fingerprint density at radius 3 is 2.57 bits per heavy atom.